The summed E-state index contributed by atoms with van der Waals surface area (Å²) in [5.41, 5.74) is 5.31. The maximum Gasteiger partial charge on any atom is 0.258 e. The fourth-order valence-electron chi connectivity index (χ4n) is 4.05. The number of aryl methyl sites for hydroxylation is 1. The molecule has 0 aliphatic carbocycles. The minimum absolute atomic E-state index is 0.326. The van der Waals surface area contributed by atoms with Crippen LogP contribution in [0.4, 0.5) is 10.1 Å². The summed E-state index contributed by atoms with van der Waals surface area (Å²) in [5, 5.41) is 8.79. The highest BCUT2D eigenvalue weighted by Gasteiger charge is 2.34. The van der Waals surface area contributed by atoms with Gasteiger partial charge in [0.2, 0.25) is 5.82 Å². The number of anilines is 1. The number of thiocarbonyl (C=S) groups is 1. The van der Waals surface area contributed by atoms with Crippen molar-refractivity contribution in [2.24, 2.45) is 0 Å². The van der Waals surface area contributed by atoms with Gasteiger partial charge >= 0.3 is 0 Å². The van der Waals surface area contributed by atoms with Crippen molar-refractivity contribution < 1.29 is 8.91 Å². The molecule has 1 atom stereocenters. The van der Waals surface area contributed by atoms with Crippen molar-refractivity contribution in [2.75, 3.05) is 4.90 Å². The van der Waals surface area contributed by atoms with Gasteiger partial charge in [-0.05, 0) is 85.7 Å². The third kappa shape index (κ3) is 4.20. The van der Waals surface area contributed by atoms with Gasteiger partial charge in [-0.1, -0.05) is 41.0 Å². The summed E-state index contributed by atoms with van der Waals surface area (Å²) in [5.74, 6) is 0.400. The average molecular weight is 491 g/mol. The van der Waals surface area contributed by atoms with Gasteiger partial charge in [0.1, 0.15) is 5.82 Å². The highest BCUT2D eigenvalue weighted by atomic mass is 35.5. The first-order chi connectivity index (χ1) is 16.4. The summed E-state index contributed by atoms with van der Waals surface area (Å²) in [6, 6.07) is 21.3. The Morgan fingerprint density at radius 2 is 1.76 bits per heavy atom. The molecule has 1 aliphatic rings. The molecule has 0 amide bonds. The van der Waals surface area contributed by atoms with E-state index in [1.807, 2.05) is 61.2 Å². The molecule has 2 heterocycles. The van der Waals surface area contributed by atoms with Crippen LogP contribution in [-0.2, 0) is 0 Å². The van der Waals surface area contributed by atoms with Crippen LogP contribution in [0.1, 0.15) is 30.0 Å². The van der Waals surface area contributed by atoms with E-state index in [9.17, 15) is 4.39 Å². The Morgan fingerprint density at radius 3 is 2.47 bits per heavy atom. The number of benzene rings is 3. The fourth-order valence-corrected chi connectivity index (χ4v) is 4.54. The van der Waals surface area contributed by atoms with Crippen LogP contribution >= 0.6 is 23.8 Å². The molecular formula is C26H20ClFN4OS. The summed E-state index contributed by atoms with van der Waals surface area (Å²) >= 11 is 11.9. The molecule has 0 saturated heterocycles. The molecule has 0 bridgehead atoms. The van der Waals surface area contributed by atoms with Crippen molar-refractivity contribution >= 4 is 40.2 Å². The SMILES string of the molecule is CC1=C(c2nc(-c3ccc(F)cc3)no2)C(c2ccc(Cl)cc2)NC(=S)N1c1cccc(C)c1. The van der Waals surface area contributed by atoms with Gasteiger partial charge < -0.3 is 9.84 Å². The maximum atomic E-state index is 13.4. The van der Waals surface area contributed by atoms with Crippen LogP contribution in [0.15, 0.2) is 83.0 Å². The second-order valence-corrected chi connectivity index (χ2v) is 8.86. The minimum atomic E-state index is -0.327. The molecule has 1 unspecified atom stereocenters. The average Bonchev–Trinajstić information content (AvgIpc) is 3.29. The number of hydrogen-bond donors (Lipinski definition) is 1. The van der Waals surface area contributed by atoms with Crippen LogP contribution in [0.2, 0.25) is 5.02 Å². The first kappa shape index (κ1) is 22.3. The molecule has 1 aromatic heterocycles. The van der Waals surface area contributed by atoms with E-state index in [4.69, 9.17) is 28.3 Å². The second-order valence-electron chi connectivity index (χ2n) is 8.04. The minimum Gasteiger partial charge on any atom is -0.351 e. The number of nitrogens with one attached hydrogen (secondary N) is 1. The number of aromatic nitrogens is 2. The molecule has 8 heteroatoms. The zero-order valence-corrected chi connectivity index (χ0v) is 20.0. The van der Waals surface area contributed by atoms with Crippen LogP contribution in [0.3, 0.4) is 0 Å². The molecule has 5 rings (SSSR count). The normalized spacial score (nSPS) is 16.1. The molecule has 0 fully saturated rings. The second kappa shape index (κ2) is 9.00. The van der Waals surface area contributed by atoms with Gasteiger partial charge in [0, 0.05) is 22.0 Å². The monoisotopic (exact) mass is 490 g/mol. The van der Waals surface area contributed by atoms with Crippen molar-refractivity contribution in [1.29, 1.82) is 0 Å². The van der Waals surface area contributed by atoms with E-state index in [-0.39, 0.29) is 11.9 Å². The molecule has 1 N–H and O–H groups in total. The Hall–Kier alpha value is -3.55. The van der Waals surface area contributed by atoms with Gasteiger partial charge in [0.15, 0.2) is 5.11 Å². The van der Waals surface area contributed by atoms with Crippen LogP contribution in [0.5, 0.6) is 0 Å². The predicted octanol–water partition coefficient (Wildman–Crippen LogP) is 6.70. The van der Waals surface area contributed by atoms with Crippen molar-refractivity contribution in [3.8, 4) is 11.4 Å². The molecule has 0 saturated carbocycles. The summed E-state index contributed by atoms with van der Waals surface area (Å²) in [6.07, 6.45) is 0. The lowest BCUT2D eigenvalue weighted by Crippen LogP contribution is -2.46. The Morgan fingerprint density at radius 1 is 1.03 bits per heavy atom. The van der Waals surface area contributed by atoms with Gasteiger partial charge in [0.05, 0.1) is 11.6 Å². The molecule has 170 valence electrons. The van der Waals surface area contributed by atoms with E-state index in [1.54, 1.807) is 12.1 Å². The van der Waals surface area contributed by atoms with E-state index in [0.29, 0.717) is 27.4 Å². The highest BCUT2D eigenvalue weighted by Crippen LogP contribution is 2.39. The van der Waals surface area contributed by atoms with Crippen molar-refractivity contribution in [2.45, 2.75) is 19.9 Å². The van der Waals surface area contributed by atoms with Crippen LogP contribution < -0.4 is 10.2 Å². The number of halogens is 2. The van der Waals surface area contributed by atoms with E-state index in [2.05, 4.69) is 21.5 Å². The number of hydrogen-bond acceptors (Lipinski definition) is 4. The number of allylic oxidation sites excluding steroid dienone is 1. The van der Waals surface area contributed by atoms with Gasteiger partial charge in [0.25, 0.3) is 5.89 Å². The van der Waals surface area contributed by atoms with Crippen molar-refractivity contribution in [3.63, 3.8) is 0 Å². The smallest absolute Gasteiger partial charge is 0.258 e. The van der Waals surface area contributed by atoms with E-state index in [0.717, 1.165) is 28.1 Å². The van der Waals surface area contributed by atoms with Crippen LogP contribution in [0, 0.1) is 12.7 Å². The fraction of sp³-hybridized carbons (Fsp3) is 0.115. The molecule has 3 aromatic carbocycles. The highest BCUT2D eigenvalue weighted by molar-refractivity contribution is 7.80. The number of nitrogens with zero attached hydrogens (tertiary/aromatic N) is 3. The molecule has 0 spiro atoms. The molecule has 1 aliphatic heterocycles. The molecule has 0 radical (unpaired) electrons. The summed E-state index contributed by atoms with van der Waals surface area (Å²) in [6.45, 7) is 4.02. The first-order valence-corrected chi connectivity index (χ1v) is 11.4. The lowest BCUT2D eigenvalue weighted by Gasteiger charge is -2.37. The Kier molecular flexibility index (Phi) is 5.89. The maximum absolute atomic E-state index is 13.4. The van der Waals surface area contributed by atoms with Gasteiger partial charge in [-0.15, -0.1) is 0 Å². The molecule has 5 nitrogen and oxygen atoms in total. The van der Waals surface area contributed by atoms with Crippen molar-refractivity contribution in [3.05, 3.63) is 106 Å². The van der Waals surface area contributed by atoms with Crippen molar-refractivity contribution in [1.82, 2.24) is 15.5 Å². The third-order valence-electron chi connectivity index (χ3n) is 5.71. The summed E-state index contributed by atoms with van der Waals surface area (Å²) in [4.78, 5) is 6.62. The topological polar surface area (TPSA) is 54.2 Å². The largest absolute Gasteiger partial charge is 0.351 e. The van der Waals surface area contributed by atoms with Gasteiger partial charge in [-0.25, -0.2) is 4.39 Å². The molecule has 34 heavy (non-hydrogen) atoms. The Labute approximate surface area is 206 Å². The summed E-state index contributed by atoms with van der Waals surface area (Å²) in [7, 11) is 0. The summed E-state index contributed by atoms with van der Waals surface area (Å²) < 4.78 is 19.1. The van der Waals surface area contributed by atoms with Crippen LogP contribution in [-0.4, -0.2) is 15.3 Å². The Bertz CT molecular complexity index is 1400. The Balaban J connectivity index is 1.65. The number of rotatable bonds is 4. The van der Waals surface area contributed by atoms with Gasteiger partial charge in [-0.2, -0.15) is 4.98 Å². The third-order valence-corrected chi connectivity index (χ3v) is 6.26. The molecule has 4 aromatic rings. The lowest BCUT2D eigenvalue weighted by atomic mass is 9.94. The predicted molar refractivity (Wildman–Crippen MR) is 136 cm³/mol. The van der Waals surface area contributed by atoms with E-state index >= 15 is 0 Å². The lowest BCUT2D eigenvalue weighted by molar-refractivity contribution is 0.404. The quantitative estimate of drug-likeness (QED) is 0.321. The van der Waals surface area contributed by atoms with E-state index in [1.165, 1.54) is 12.1 Å². The van der Waals surface area contributed by atoms with E-state index < -0.39 is 0 Å². The van der Waals surface area contributed by atoms with Gasteiger partial charge in [-0.3, -0.25) is 4.90 Å². The van der Waals surface area contributed by atoms with Crippen LogP contribution in [0.25, 0.3) is 17.0 Å². The molecular weight excluding hydrogens is 471 g/mol. The first-order valence-electron chi connectivity index (χ1n) is 10.6. The standard InChI is InChI=1S/C26H20ClFN4OS/c1-15-4-3-5-21(14-15)32-16(2)22(23(29-26(32)34)17-6-10-19(27)11-7-17)25-30-24(31-33-25)18-8-12-20(28)13-9-18/h3-14,23H,1-2H3,(H,29,34). The zero-order chi connectivity index (χ0) is 23.8. The zero-order valence-electron chi connectivity index (χ0n) is 18.4.